The molecule has 136 valence electrons. The zero-order chi connectivity index (χ0) is 18.8. The second kappa shape index (κ2) is 7.56. The number of nitrogens with zero attached hydrogens (tertiary/aromatic N) is 1. The van der Waals surface area contributed by atoms with E-state index >= 15 is 0 Å². The number of thiophene rings is 1. The first-order valence-corrected chi connectivity index (χ1v) is 9.25. The summed E-state index contributed by atoms with van der Waals surface area (Å²) in [5, 5.41) is 17.7. The molecule has 0 saturated heterocycles. The summed E-state index contributed by atoms with van der Waals surface area (Å²) in [6.45, 7) is 0. The normalized spacial score (nSPS) is 12.4. The second-order valence-corrected chi connectivity index (χ2v) is 7.47. The van der Waals surface area contributed by atoms with Crippen LogP contribution in [0.1, 0.15) is 27.2 Å². The lowest BCUT2D eigenvalue weighted by Gasteiger charge is -2.12. The Balaban J connectivity index is 1.79. The van der Waals surface area contributed by atoms with Gasteiger partial charge < -0.3 is 15.4 Å². The van der Waals surface area contributed by atoms with Crippen LogP contribution in [0.5, 0.6) is 0 Å². The van der Waals surface area contributed by atoms with Crippen LogP contribution in [0.25, 0.3) is 0 Å². The molecule has 2 N–H and O–H groups in total. The largest absolute Gasteiger partial charge is 0.465 e. The third-order valence-corrected chi connectivity index (χ3v) is 5.67. The highest BCUT2D eigenvalue weighted by Crippen LogP contribution is 2.39. The Labute approximate surface area is 163 Å². The van der Waals surface area contributed by atoms with Crippen LogP contribution in [0.4, 0.5) is 16.4 Å². The predicted octanol–water partition coefficient (Wildman–Crippen LogP) is 4.39. The summed E-state index contributed by atoms with van der Waals surface area (Å²) in [7, 11) is 1.35. The fraction of sp³-hybridized carbons (Fsp3) is 0.250. The molecule has 0 amide bonds. The molecule has 10 heteroatoms. The standard InChI is InChI=1S/C16H14ClN3O4S2/c1-24-15(21)13-9-3-2-4-12(9)26-14(13)19-16(25)18-11-6-5-8(20(22)23)7-10(11)17/h5-7H,2-4H2,1H3,(H2,18,19,25). The molecule has 1 aromatic carbocycles. The van der Waals surface area contributed by atoms with Gasteiger partial charge in [0.2, 0.25) is 0 Å². The van der Waals surface area contributed by atoms with Crippen molar-refractivity contribution in [2.45, 2.75) is 19.3 Å². The lowest BCUT2D eigenvalue weighted by molar-refractivity contribution is -0.384. The molecule has 0 spiro atoms. The molecule has 2 aromatic rings. The van der Waals surface area contributed by atoms with E-state index in [0.717, 1.165) is 29.7 Å². The number of fused-ring (bicyclic) bond motifs is 1. The summed E-state index contributed by atoms with van der Waals surface area (Å²) < 4.78 is 4.89. The summed E-state index contributed by atoms with van der Waals surface area (Å²) in [5.74, 6) is -0.400. The van der Waals surface area contributed by atoms with E-state index in [1.165, 1.54) is 36.6 Å². The number of carbonyl (C=O) groups excluding carboxylic acids is 1. The van der Waals surface area contributed by atoms with Crippen LogP contribution >= 0.6 is 35.2 Å². The van der Waals surface area contributed by atoms with Crippen molar-refractivity contribution in [3.05, 3.63) is 49.3 Å². The molecule has 0 fully saturated rings. The molecule has 0 bridgehead atoms. The van der Waals surface area contributed by atoms with Crippen LogP contribution in [-0.2, 0) is 17.6 Å². The number of benzene rings is 1. The lowest BCUT2D eigenvalue weighted by Crippen LogP contribution is -2.20. The van der Waals surface area contributed by atoms with E-state index in [1.54, 1.807) is 0 Å². The monoisotopic (exact) mass is 411 g/mol. The van der Waals surface area contributed by atoms with E-state index in [0.29, 0.717) is 16.3 Å². The van der Waals surface area contributed by atoms with Crippen molar-refractivity contribution in [3.8, 4) is 0 Å². The number of rotatable bonds is 4. The number of hydrogen-bond donors (Lipinski definition) is 2. The zero-order valence-electron chi connectivity index (χ0n) is 13.6. The first kappa shape index (κ1) is 18.6. The van der Waals surface area contributed by atoms with Gasteiger partial charge in [0, 0.05) is 17.0 Å². The minimum atomic E-state index is -0.526. The SMILES string of the molecule is COC(=O)c1c(NC(=S)Nc2ccc([N+](=O)[O-])cc2Cl)sc2c1CCC2. The van der Waals surface area contributed by atoms with Crippen molar-refractivity contribution in [3.63, 3.8) is 0 Å². The third-order valence-electron chi connectivity index (χ3n) is 3.95. The van der Waals surface area contributed by atoms with E-state index in [9.17, 15) is 14.9 Å². The van der Waals surface area contributed by atoms with Gasteiger partial charge >= 0.3 is 5.97 Å². The van der Waals surface area contributed by atoms with Gasteiger partial charge in [-0.3, -0.25) is 10.1 Å². The van der Waals surface area contributed by atoms with Gasteiger partial charge in [0.1, 0.15) is 5.00 Å². The Morgan fingerprint density at radius 3 is 2.81 bits per heavy atom. The Hall–Kier alpha value is -2.23. The van der Waals surface area contributed by atoms with Gasteiger partial charge in [-0.05, 0) is 43.1 Å². The molecule has 0 saturated carbocycles. The van der Waals surface area contributed by atoms with Crippen LogP contribution in [0.2, 0.25) is 5.02 Å². The molecule has 0 atom stereocenters. The number of aryl methyl sites for hydroxylation is 1. The Morgan fingerprint density at radius 1 is 1.38 bits per heavy atom. The molecule has 7 nitrogen and oxygen atoms in total. The first-order valence-electron chi connectivity index (χ1n) is 7.65. The number of ether oxygens (including phenoxy) is 1. The minimum absolute atomic E-state index is 0.109. The zero-order valence-corrected chi connectivity index (χ0v) is 16.0. The lowest BCUT2D eigenvalue weighted by atomic mass is 10.1. The number of methoxy groups -OCH3 is 1. The van der Waals surface area contributed by atoms with E-state index in [1.807, 2.05) is 0 Å². The molecule has 0 aliphatic heterocycles. The summed E-state index contributed by atoms with van der Waals surface area (Å²) in [6.07, 6.45) is 2.79. The number of esters is 1. The molecule has 1 aliphatic rings. The fourth-order valence-electron chi connectivity index (χ4n) is 2.79. The number of nitrogens with one attached hydrogen (secondary N) is 2. The predicted molar refractivity (Wildman–Crippen MR) is 106 cm³/mol. The smallest absolute Gasteiger partial charge is 0.341 e. The Kier molecular flexibility index (Phi) is 5.40. The first-order chi connectivity index (χ1) is 12.4. The van der Waals surface area contributed by atoms with Gasteiger partial charge in [-0.15, -0.1) is 11.3 Å². The third kappa shape index (κ3) is 3.64. The average molecular weight is 412 g/mol. The maximum absolute atomic E-state index is 12.1. The van der Waals surface area contributed by atoms with Gasteiger partial charge in [-0.2, -0.15) is 0 Å². The van der Waals surface area contributed by atoms with Crippen molar-refractivity contribution in [2.24, 2.45) is 0 Å². The van der Waals surface area contributed by atoms with Crippen LogP contribution < -0.4 is 10.6 Å². The van der Waals surface area contributed by atoms with Crippen molar-refractivity contribution >= 4 is 62.6 Å². The highest BCUT2D eigenvalue weighted by molar-refractivity contribution is 7.80. The fourth-order valence-corrected chi connectivity index (χ4v) is 4.57. The molecule has 1 aromatic heterocycles. The van der Waals surface area contributed by atoms with Crippen molar-refractivity contribution in [2.75, 3.05) is 17.7 Å². The summed E-state index contributed by atoms with van der Waals surface area (Å²) in [5.41, 5.74) is 1.85. The number of nitro groups is 1. The number of hydrogen-bond acceptors (Lipinski definition) is 6. The van der Waals surface area contributed by atoms with E-state index in [4.69, 9.17) is 28.6 Å². The second-order valence-electron chi connectivity index (χ2n) is 5.55. The molecule has 1 aliphatic carbocycles. The number of anilines is 2. The number of nitro benzene ring substituents is 1. The molecule has 0 unspecified atom stereocenters. The van der Waals surface area contributed by atoms with E-state index in [2.05, 4.69) is 10.6 Å². The Morgan fingerprint density at radius 2 is 2.15 bits per heavy atom. The molecule has 26 heavy (non-hydrogen) atoms. The summed E-state index contributed by atoms with van der Waals surface area (Å²) in [6, 6.07) is 4.05. The van der Waals surface area contributed by atoms with Gasteiger partial charge in [0.15, 0.2) is 5.11 Å². The number of carbonyl (C=O) groups is 1. The van der Waals surface area contributed by atoms with Gasteiger partial charge in [0.05, 0.1) is 28.3 Å². The highest BCUT2D eigenvalue weighted by Gasteiger charge is 2.27. The van der Waals surface area contributed by atoms with Crippen LogP contribution in [0, 0.1) is 10.1 Å². The highest BCUT2D eigenvalue weighted by atomic mass is 35.5. The van der Waals surface area contributed by atoms with Crippen LogP contribution in [0.3, 0.4) is 0 Å². The molecule has 1 heterocycles. The van der Waals surface area contributed by atoms with E-state index in [-0.39, 0.29) is 15.8 Å². The minimum Gasteiger partial charge on any atom is -0.465 e. The maximum Gasteiger partial charge on any atom is 0.341 e. The van der Waals surface area contributed by atoms with Gasteiger partial charge in [0.25, 0.3) is 5.69 Å². The Bertz CT molecular complexity index is 913. The molecule has 0 radical (unpaired) electrons. The number of halogens is 1. The number of thiocarbonyl (C=S) groups is 1. The summed E-state index contributed by atoms with van der Waals surface area (Å²) >= 11 is 12.8. The molecular weight excluding hydrogens is 398 g/mol. The quantitative estimate of drug-likeness (QED) is 0.333. The van der Waals surface area contributed by atoms with Crippen molar-refractivity contribution < 1.29 is 14.5 Å². The molecule has 3 rings (SSSR count). The summed E-state index contributed by atoms with van der Waals surface area (Å²) in [4.78, 5) is 23.5. The molecular formula is C16H14ClN3O4S2. The van der Waals surface area contributed by atoms with E-state index < -0.39 is 10.9 Å². The van der Waals surface area contributed by atoms with Gasteiger partial charge in [-0.1, -0.05) is 11.6 Å². The number of non-ortho nitro benzene ring substituents is 1. The maximum atomic E-state index is 12.1. The topological polar surface area (TPSA) is 93.5 Å². The average Bonchev–Trinajstić information content (AvgIpc) is 3.16. The van der Waals surface area contributed by atoms with Crippen molar-refractivity contribution in [1.82, 2.24) is 0 Å². The van der Waals surface area contributed by atoms with Crippen molar-refractivity contribution in [1.29, 1.82) is 0 Å². The van der Waals surface area contributed by atoms with Crippen LogP contribution in [-0.4, -0.2) is 23.1 Å². The van der Waals surface area contributed by atoms with Crippen LogP contribution in [0.15, 0.2) is 18.2 Å². The van der Waals surface area contributed by atoms with Gasteiger partial charge in [-0.25, -0.2) is 4.79 Å².